The van der Waals surface area contributed by atoms with Gasteiger partial charge in [0.2, 0.25) is 0 Å². The van der Waals surface area contributed by atoms with Crippen molar-refractivity contribution in [3.8, 4) is 0 Å². The van der Waals surface area contributed by atoms with Gasteiger partial charge in [0, 0.05) is 12.6 Å². The van der Waals surface area contributed by atoms with Gasteiger partial charge < -0.3 is 10.0 Å². The average molecular weight is 357 g/mol. The van der Waals surface area contributed by atoms with Crippen LogP contribution in [0.25, 0.3) is 0 Å². The molecule has 0 spiro atoms. The molecular formula is C13H13BrN2O5. The van der Waals surface area contributed by atoms with E-state index < -0.39 is 22.8 Å². The normalized spacial score (nSPS) is 18.3. The van der Waals surface area contributed by atoms with E-state index in [0.717, 1.165) is 12.8 Å². The van der Waals surface area contributed by atoms with E-state index in [2.05, 4.69) is 15.9 Å². The van der Waals surface area contributed by atoms with Gasteiger partial charge in [0.25, 0.3) is 11.6 Å². The van der Waals surface area contributed by atoms with Crippen LogP contribution in [0.5, 0.6) is 0 Å². The highest BCUT2D eigenvalue weighted by atomic mass is 79.9. The summed E-state index contributed by atoms with van der Waals surface area (Å²) >= 11 is 3.07. The van der Waals surface area contributed by atoms with Gasteiger partial charge in [-0.1, -0.05) is 6.07 Å². The zero-order valence-corrected chi connectivity index (χ0v) is 12.6. The predicted octanol–water partition coefficient (Wildman–Crippen LogP) is 2.44. The summed E-state index contributed by atoms with van der Waals surface area (Å²) in [6.07, 6.45) is 1.87. The van der Waals surface area contributed by atoms with Gasteiger partial charge in [0.1, 0.15) is 10.5 Å². The molecule has 1 saturated heterocycles. The molecular weight excluding hydrogens is 344 g/mol. The third-order valence-electron chi connectivity index (χ3n) is 3.45. The van der Waals surface area contributed by atoms with Crippen molar-refractivity contribution in [1.29, 1.82) is 0 Å². The van der Waals surface area contributed by atoms with Gasteiger partial charge in [-0.2, -0.15) is 0 Å². The molecule has 8 heteroatoms. The molecule has 1 aliphatic heterocycles. The van der Waals surface area contributed by atoms with Crippen molar-refractivity contribution in [2.24, 2.45) is 0 Å². The molecule has 1 atom stereocenters. The van der Waals surface area contributed by atoms with Crippen molar-refractivity contribution < 1.29 is 19.6 Å². The molecule has 7 nitrogen and oxygen atoms in total. The second kappa shape index (κ2) is 6.21. The van der Waals surface area contributed by atoms with E-state index in [1.165, 1.54) is 23.1 Å². The molecule has 1 heterocycles. The third-order valence-corrected chi connectivity index (χ3v) is 4.29. The Morgan fingerprint density at radius 3 is 2.71 bits per heavy atom. The molecule has 1 N–H and O–H groups in total. The first kappa shape index (κ1) is 15.4. The summed E-state index contributed by atoms with van der Waals surface area (Å²) in [6, 6.07) is 3.27. The van der Waals surface area contributed by atoms with Crippen LogP contribution in [0.3, 0.4) is 0 Å². The summed E-state index contributed by atoms with van der Waals surface area (Å²) in [5, 5.41) is 20.1. The number of nitro benzene ring substituents is 1. The number of hydrogen-bond acceptors (Lipinski definition) is 4. The molecule has 0 bridgehead atoms. The Kier molecular flexibility index (Phi) is 4.56. The van der Waals surface area contributed by atoms with Crippen molar-refractivity contribution >= 4 is 33.5 Å². The van der Waals surface area contributed by atoms with E-state index in [-0.39, 0.29) is 15.7 Å². The molecule has 0 aliphatic carbocycles. The molecule has 0 aromatic heterocycles. The van der Waals surface area contributed by atoms with E-state index in [1.807, 2.05) is 0 Å². The summed E-state index contributed by atoms with van der Waals surface area (Å²) in [5.41, 5.74) is -0.109. The van der Waals surface area contributed by atoms with Gasteiger partial charge in [-0.05, 0) is 41.3 Å². The SMILES string of the molecule is O=C(O)C1CCCCN1C(=O)c1cccc([N+](=O)[O-])c1Br. The van der Waals surface area contributed by atoms with Crippen LogP contribution in [0.1, 0.15) is 29.6 Å². The third kappa shape index (κ3) is 3.05. The smallest absolute Gasteiger partial charge is 0.326 e. The van der Waals surface area contributed by atoms with Crippen LogP contribution in [0, 0.1) is 10.1 Å². The lowest BCUT2D eigenvalue weighted by Gasteiger charge is -2.33. The standard InChI is InChI=1S/C13H13BrN2O5/c14-11-8(4-3-6-9(11)16(20)21)12(17)15-7-2-1-5-10(15)13(18)19/h3-4,6,10H,1-2,5,7H2,(H,18,19). The molecule has 1 aromatic carbocycles. The first-order chi connectivity index (χ1) is 9.93. The van der Waals surface area contributed by atoms with E-state index in [9.17, 15) is 24.8 Å². The zero-order chi connectivity index (χ0) is 15.6. The number of piperidine rings is 1. The lowest BCUT2D eigenvalue weighted by Crippen LogP contribution is -2.48. The van der Waals surface area contributed by atoms with Crippen molar-refractivity contribution in [2.75, 3.05) is 6.54 Å². The molecule has 0 radical (unpaired) electrons. The van der Waals surface area contributed by atoms with Crippen LogP contribution in [-0.2, 0) is 4.79 Å². The molecule has 1 aliphatic rings. The number of nitrogens with zero attached hydrogens (tertiary/aromatic N) is 2. The minimum absolute atomic E-state index is 0.0784. The van der Waals surface area contributed by atoms with Crippen molar-refractivity contribution in [1.82, 2.24) is 4.90 Å². The Labute approximate surface area is 128 Å². The number of halogens is 1. The number of benzene rings is 1. The first-order valence-corrected chi connectivity index (χ1v) is 7.19. The summed E-state index contributed by atoms with van der Waals surface area (Å²) in [6.45, 7) is 0.338. The average Bonchev–Trinajstić information content (AvgIpc) is 2.46. The number of hydrogen-bond donors (Lipinski definition) is 1. The number of carboxylic acid groups (broad SMARTS) is 1. The summed E-state index contributed by atoms with van der Waals surface area (Å²) in [7, 11) is 0. The molecule has 0 saturated carbocycles. The summed E-state index contributed by atoms with van der Waals surface area (Å²) < 4.78 is 0.0784. The fraction of sp³-hybridized carbons (Fsp3) is 0.385. The number of rotatable bonds is 3. The van der Waals surface area contributed by atoms with Crippen LogP contribution in [0.15, 0.2) is 22.7 Å². The number of carbonyl (C=O) groups is 2. The number of carbonyl (C=O) groups excluding carboxylic acids is 1. The van der Waals surface area contributed by atoms with Gasteiger partial charge in [-0.25, -0.2) is 4.79 Å². The molecule has 1 aromatic rings. The molecule has 112 valence electrons. The van der Waals surface area contributed by atoms with Gasteiger partial charge in [-0.15, -0.1) is 0 Å². The number of carboxylic acids is 1. The minimum Gasteiger partial charge on any atom is -0.480 e. The number of aliphatic carboxylic acids is 1. The quantitative estimate of drug-likeness (QED) is 0.661. The Balaban J connectivity index is 2.37. The Morgan fingerprint density at radius 2 is 2.10 bits per heavy atom. The van der Waals surface area contributed by atoms with Crippen LogP contribution < -0.4 is 0 Å². The number of nitro groups is 1. The van der Waals surface area contributed by atoms with Crippen molar-refractivity contribution in [3.05, 3.63) is 38.3 Å². The Bertz CT molecular complexity index is 604. The minimum atomic E-state index is -1.05. The topological polar surface area (TPSA) is 101 Å². The van der Waals surface area contributed by atoms with Gasteiger partial charge in [0.15, 0.2) is 0 Å². The Hall–Kier alpha value is -1.96. The highest BCUT2D eigenvalue weighted by Gasteiger charge is 2.34. The van der Waals surface area contributed by atoms with Crippen LogP contribution >= 0.6 is 15.9 Å². The highest BCUT2D eigenvalue weighted by Crippen LogP contribution is 2.30. The van der Waals surface area contributed by atoms with Crippen LogP contribution in [0.2, 0.25) is 0 Å². The van der Waals surface area contributed by atoms with E-state index in [1.54, 1.807) is 0 Å². The van der Waals surface area contributed by atoms with Gasteiger partial charge in [-0.3, -0.25) is 14.9 Å². The van der Waals surface area contributed by atoms with E-state index >= 15 is 0 Å². The Morgan fingerprint density at radius 1 is 1.38 bits per heavy atom. The monoisotopic (exact) mass is 356 g/mol. The number of likely N-dealkylation sites (tertiary alicyclic amines) is 1. The van der Waals surface area contributed by atoms with E-state index in [0.29, 0.717) is 13.0 Å². The maximum Gasteiger partial charge on any atom is 0.326 e. The fourth-order valence-electron chi connectivity index (χ4n) is 2.41. The van der Waals surface area contributed by atoms with E-state index in [4.69, 9.17) is 0 Å². The molecule has 2 rings (SSSR count). The second-order valence-electron chi connectivity index (χ2n) is 4.74. The molecule has 1 amide bonds. The largest absolute Gasteiger partial charge is 0.480 e. The second-order valence-corrected chi connectivity index (χ2v) is 5.54. The van der Waals surface area contributed by atoms with Gasteiger partial charge >= 0.3 is 5.97 Å². The predicted molar refractivity (Wildman–Crippen MR) is 77.1 cm³/mol. The molecule has 21 heavy (non-hydrogen) atoms. The van der Waals surface area contributed by atoms with Crippen molar-refractivity contribution in [3.63, 3.8) is 0 Å². The maximum atomic E-state index is 12.5. The number of amides is 1. The van der Waals surface area contributed by atoms with Crippen molar-refractivity contribution in [2.45, 2.75) is 25.3 Å². The van der Waals surface area contributed by atoms with Crippen LogP contribution in [0.4, 0.5) is 5.69 Å². The van der Waals surface area contributed by atoms with Crippen LogP contribution in [-0.4, -0.2) is 39.4 Å². The van der Waals surface area contributed by atoms with Gasteiger partial charge in [0.05, 0.1) is 10.5 Å². The lowest BCUT2D eigenvalue weighted by molar-refractivity contribution is -0.385. The summed E-state index contributed by atoms with van der Waals surface area (Å²) in [4.78, 5) is 35.4. The maximum absolute atomic E-state index is 12.5. The highest BCUT2D eigenvalue weighted by molar-refractivity contribution is 9.10. The zero-order valence-electron chi connectivity index (χ0n) is 11.0. The molecule has 1 unspecified atom stereocenters. The fourth-order valence-corrected chi connectivity index (χ4v) is 2.99. The summed E-state index contributed by atoms with van der Waals surface area (Å²) in [5.74, 6) is -1.55. The lowest BCUT2D eigenvalue weighted by atomic mass is 10.0. The molecule has 1 fully saturated rings. The first-order valence-electron chi connectivity index (χ1n) is 6.40.